The van der Waals surface area contributed by atoms with E-state index < -0.39 is 0 Å². The van der Waals surface area contributed by atoms with Crippen molar-refractivity contribution in [2.45, 2.75) is 32.7 Å². The molecule has 0 aromatic heterocycles. The summed E-state index contributed by atoms with van der Waals surface area (Å²) < 4.78 is 0.873. The number of nitrogens with two attached hydrogens (primary N) is 1. The van der Waals surface area contributed by atoms with Crippen molar-refractivity contribution in [3.63, 3.8) is 0 Å². The van der Waals surface area contributed by atoms with E-state index in [1.807, 2.05) is 30.0 Å². The van der Waals surface area contributed by atoms with Gasteiger partial charge in [-0.3, -0.25) is 4.79 Å². The summed E-state index contributed by atoms with van der Waals surface area (Å²) in [6.07, 6.45) is 2.01. The van der Waals surface area contributed by atoms with Crippen LogP contribution in [0.25, 0.3) is 0 Å². The fourth-order valence-corrected chi connectivity index (χ4v) is 3.02. The fourth-order valence-electron chi connectivity index (χ4n) is 2.60. The van der Waals surface area contributed by atoms with Crippen molar-refractivity contribution in [2.24, 2.45) is 11.7 Å². The van der Waals surface area contributed by atoms with E-state index in [4.69, 9.17) is 5.73 Å². The molecular formula is C15H21BrN2O. The number of nitrogens with zero attached hydrogens (tertiary/aromatic N) is 1. The van der Waals surface area contributed by atoms with Crippen LogP contribution in [0.5, 0.6) is 0 Å². The number of piperidine rings is 1. The number of carbonyl (C=O) groups excluding carboxylic acids is 1. The average molecular weight is 325 g/mol. The first-order chi connectivity index (χ1) is 8.99. The third-order valence-electron chi connectivity index (χ3n) is 3.92. The van der Waals surface area contributed by atoms with Gasteiger partial charge in [0.15, 0.2) is 0 Å². The zero-order valence-electron chi connectivity index (χ0n) is 11.5. The Morgan fingerprint density at radius 2 is 2.05 bits per heavy atom. The molecule has 1 aliphatic heterocycles. The molecule has 1 fully saturated rings. The summed E-state index contributed by atoms with van der Waals surface area (Å²) in [5, 5.41) is 0. The standard InChI is InChI=1S/C15H21BrN2O/c1-10-3-4-14(16)13(9-10)15(19)18-7-5-12(6-8-18)11(2)17/h3-4,9,11-12H,5-8,17H2,1-2H3. The summed E-state index contributed by atoms with van der Waals surface area (Å²) in [6, 6.07) is 6.12. The molecular weight excluding hydrogens is 304 g/mol. The van der Waals surface area contributed by atoms with Crippen molar-refractivity contribution >= 4 is 21.8 Å². The molecule has 0 saturated carbocycles. The molecule has 1 aromatic rings. The Kier molecular flexibility index (Phi) is 4.63. The summed E-state index contributed by atoms with van der Waals surface area (Å²) in [6.45, 7) is 5.68. The number of aryl methyl sites for hydroxylation is 1. The van der Waals surface area contributed by atoms with Crippen LogP contribution in [-0.4, -0.2) is 29.9 Å². The van der Waals surface area contributed by atoms with Crippen LogP contribution in [-0.2, 0) is 0 Å². The molecule has 2 N–H and O–H groups in total. The summed E-state index contributed by atoms with van der Waals surface area (Å²) >= 11 is 3.47. The molecule has 3 nitrogen and oxygen atoms in total. The molecule has 0 spiro atoms. The molecule has 104 valence electrons. The van der Waals surface area contributed by atoms with Crippen LogP contribution in [0.2, 0.25) is 0 Å². The molecule has 1 unspecified atom stereocenters. The van der Waals surface area contributed by atoms with Crippen molar-refractivity contribution in [1.29, 1.82) is 0 Å². The highest BCUT2D eigenvalue weighted by Crippen LogP contribution is 2.24. The first-order valence-electron chi connectivity index (χ1n) is 6.80. The van der Waals surface area contributed by atoms with E-state index in [1.165, 1.54) is 0 Å². The van der Waals surface area contributed by atoms with Crippen LogP contribution in [0.15, 0.2) is 22.7 Å². The molecule has 0 radical (unpaired) electrons. The maximum atomic E-state index is 12.5. The minimum Gasteiger partial charge on any atom is -0.339 e. The van der Waals surface area contributed by atoms with Gasteiger partial charge in [-0.1, -0.05) is 11.6 Å². The predicted molar refractivity (Wildman–Crippen MR) is 81.2 cm³/mol. The van der Waals surface area contributed by atoms with Crippen LogP contribution in [0, 0.1) is 12.8 Å². The van der Waals surface area contributed by atoms with Crippen LogP contribution in [0.1, 0.15) is 35.7 Å². The van der Waals surface area contributed by atoms with Crippen LogP contribution in [0.3, 0.4) is 0 Å². The molecule has 1 saturated heterocycles. The lowest BCUT2D eigenvalue weighted by molar-refractivity contribution is 0.0680. The summed E-state index contributed by atoms with van der Waals surface area (Å²) in [7, 11) is 0. The minimum absolute atomic E-state index is 0.124. The van der Waals surface area contributed by atoms with Gasteiger partial charge in [-0.25, -0.2) is 0 Å². The first kappa shape index (κ1) is 14.5. The van der Waals surface area contributed by atoms with Crippen molar-refractivity contribution in [3.8, 4) is 0 Å². The molecule has 1 atom stereocenters. The number of halogens is 1. The van der Waals surface area contributed by atoms with Gasteiger partial charge in [0.25, 0.3) is 5.91 Å². The fraction of sp³-hybridized carbons (Fsp3) is 0.533. The maximum absolute atomic E-state index is 12.5. The molecule has 19 heavy (non-hydrogen) atoms. The Balaban J connectivity index is 2.07. The predicted octanol–water partition coefficient (Wildman–Crippen LogP) is 2.96. The normalized spacial score (nSPS) is 18.4. The molecule has 4 heteroatoms. The summed E-state index contributed by atoms with van der Waals surface area (Å²) in [4.78, 5) is 14.5. The van der Waals surface area contributed by atoms with Gasteiger partial charge in [0.2, 0.25) is 0 Å². The second-order valence-corrected chi connectivity index (χ2v) is 6.33. The number of likely N-dealkylation sites (tertiary alicyclic amines) is 1. The number of benzene rings is 1. The van der Waals surface area contributed by atoms with Gasteiger partial charge in [0.1, 0.15) is 0 Å². The van der Waals surface area contributed by atoms with E-state index in [-0.39, 0.29) is 11.9 Å². The highest BCUT2D eigenvalue weighted by Gasteiger charge is 2.26. The van der Waals surface area contributed by atoms with Gasteiger partial charge in [-0.05, 0) is 60.7 Å². The largest absolute Gasteiger partial charge is 0.339 e. The van der Waals surface area contributed by atoms with Crippen molar-refractivity contribution < 1.29 is 4.79 Å². The quantitative estimate of drug-likeness (QED) is 0.909. The van der Waals surface area contributed by atoms with Gasteiger partial charge in [0.05, 0.1) is 5.56 Å². The molecule has 1 heterocycles. The second-order valence-electron chi connectivity index (χ2n) is 5.47. The van der Waals surface area contributed by atoms with E-state index in [0.717, 1.165) is 41.5 Å². The van der Waals surface area contributed by atoms with Crippen LogP contribution < -0.4 is 5.73 Å². The zero-order chi connectivity index (χ0) is 14.0. The number of rotatable bonds is 2. The smallest absolute Gasteiger partial charge is 0.255 e. The van der Waals surface area contributed by atoms with E-state index in [0.29, 0.717) is 5.92 Å². The van der Waals surface area contributed by atoms with E-state index >= 15 is 0 Å². The number of hydrogen-bond acceptors (Lipinski definition) is 2. The molecule has 0 aliphatic carbocycles. The van der Waals surface area contributed by atoms with Crippen molar-refractivity contribution in [3.05, 3.63) is 33.8 Å². The lowest BCUT2D eigenvalue weighted by Crippen LogP contribution is -2.42. The maximum Gasteiger partial charge on any atom is 0.255 e. The third-order valence-corrected chi connectivity index (χ3v) is 4.61. The Bertz CT molecular complexity index is 465. The minimum atomic E-state index is 0.124. The lowest BCUT2D eigenvalue weighted by atomic mass is 9.90. The van der Waals surface area contributed by atoms with Crippen LogP contribution >= 0.6 is 15.9 Å². The monoisotopic (exact) mass is 324 g/mol. The Morgan fingerprint density at radius 1 is 1.42 bits per heavy atom. The first-order valence-corrected chi connectivity index (χ1v) is 7.59. The van der Waals surface area contributed by atoms with Gasteiger partial charge in [-0.15, -0.1) is 0 Å². The van der Waals surface area contributed by atoms with E-state index in [1.54, 1.807) is 0 Å². The van der Waals surface area contributed by atoms with E-state index in [2.05, 4.69) is 22.9 Å². The van der Waals surface area contributed by atoms with Crippen LogP contribution in [0.4, 0.5) is 0 Å². The topological polar surface area (TPSA) is 46.3 Å². The Hall–Kier alpha value is -0.870. The van der Waals surface area contributed by atoms with Gasteiger partial charge >= 0.3 is 0 Å². The number of hydrogen-bond donors (Lipinski definition) is 1. The molecule has 0 bridgehead atoms. The van der Waals surface area contributed by atoms with Gasteiger partial charge in [0, 0.05) is 23.6 Å². The lowest BCUT2D eigenvalue weighted by Gasteiger charge is -2.34. The summed E-state index contributed by atoms with van der Waals surface area (Å²) in [5.41, 5.74) is 7.80. The third kappa shape index (κ3) is 3.37. The Morgan fingerprint density at radius 3 is 2.63 bits per heavy atom. The van der Waals surface area contributed by atoms with E-state index in [9.17, 15) is 4.79 Å². The highest BCUT2D eigenvalue weighted by molar-refractivity contribution is 9.10. The molecule has 1 amide bonds. The second kappa shape index (κ2) is 6.06. The van der Waals surface area contributed by atoms with Gasteiger partial charge < -0.3 is 10.6 Å². The number of amides is 1. The Labute approximate surface area is 123 Å². The summed E-state index contributed by atoms with van der Waals surface area (Å²) in [5.74, 6) is 0.670. The average Bonchev–Trinajstić information content (AvgIpc) is 2.41. The number of carbonyl (C=O) groups is 1. The van der Waals surface area contributed by atoms with Crippen molar-refractivity contribution in [2.75, 3.05) is 13.1 Å². The molecule has 1 aliphatic rings. The molecule has 1 aromatic carbocycles. The zero-order valence-corrected chi connectivity index (χ0v) is 13.1. The SMILES string of the molecule is Cc1ccc(Br)c(C(=O)N2CCC(C(C)N)CC2)c1. The molecule has 2 rings (SSSR count). The highest BCUT2D eigenvalue weighted by atomic mass is 79.9. The van der Waals surface area contributed by atoms with Crippen molar-refractivity contribution in [1.82, 2.24) is 4.90 Å². The van der Waals surface area contributed by atoms with Gasteiger partial charge in [-0.2, -0.15) is 0 Å².